The van der Waals surface area contributed by atoms with Crippen molar-refractivity contribution in [2.45, 2.75) is 11.4 Å². The summed E-state index contributed by atoms with van der Waals surface area (Å²) in [6, 6.07) is 16.6. The van der Waals surface area contributed by atoms with Gasteiger partial charge in [0, 0.05) is 23.3 Å². The summed E-state index contributed by atoms with van der Waals surface area (Å²) in [6.45, 7) is 0.325. The number of carbonyl (C=O) groups excluding carboxylic acids is 2. The van der Waals surface area contributed by atoms with Crippen LogP contribution in [0.1, 0.15) is 26.3 Å². The van der Waals surface area contributed by atoms with Gasteiger partial charge < -0.3 is 5.32 Å². The average molecular weight is 429 g/mol. The summed E-state index contributed by atoms with van der Waals surface area (Å²) in [6.07, 6.45) is 1.88. The molecule has 0 fully saturated rings. The first-order valence-corrected chi connectivity index (χ1v) is 10.3. The minimum absolute atomic E-state index is 0.0246. The van der Waals surface area contributed by atoms with E-state index in [1.54, 1.807) is 54.6 Å². The van der Waals surface area contributed by atoms with E-state index < -0.39 is 0 Å². The van der Waals surface area contributed by atoms with Crippen LogP contribution in [0.5, 0.6) is 0 Å². The number of thioether (sulfide) groups is 1. The first-order chi connectivity index (χ1) is 14.0. The highest BCUT2D eigenvalue weighted by molar-refractivity contribution is 7.99. The van der Waals surface area contributed by atoms with Crippen LogP contribution in [0.4, 0.5) is 4.39 Å². The fourth-order valence-electron chi connectivity index (χ4n) is 2.57. The van der Waals surface area contributed by atoms with Crippen LogP contribution in [0.3, 0.4) is 0 Å². The van der Waals surface area contributed by atoms with E-state index in [-0.39, 0.29) is 23.3 Å². The summed E-state index contributed by atoms with van der Waals surface area (Å²) >= 11 is 7.12. The fourth-order valence-corrected chi connectivity index (χ4v) is 3.44. The summed E-state index contributed by atoms with van der Waals surface area (Å²) in [5.74, 6) is -0.341. The molecule has 0 atom stereocenters. The Bertz CT molecular complexity index is 994. The molecular formula is C22H18ClFN2O2S. The molecule has 3 rings (SSSR count). The topological polar surface area (TPSA) is 59.1 Å². The number of ketones is 1. The smallest absolute Gasteiger partial charge is 0.252 e. The summed E-state index contributed by atoms with van der Waals surface area (Å²) in [5.41, 5.74) is 1.56. The van der Waals surface area contributed by atoms with Gasteiger partial charge in [-0.1, -0.05) is 41.6 Å². The lowest BCUT2D eigenvalue weighted by atomic mass is 10.1. The molecule has 0 aliphatic heterocycles. The molecule has 7 heteroatoms. The third-order valence-corrected chi connectivity index (χ3v) is 5.35. The second kappa shape index (κ2) is 10.2. The van der Waals surface area contributed by atoms with Gasteiger partial charge in [0.25, 0.3) is 5.91 Å². The van der Waals surface area contributed by atoms with Crippen LogP contribution < -0.4 is 5.32 Å². The first kappa shape index (κ1) is 21.0. The number of hydrogen-bond donors (Lipinski definition) is 1. The van der Waals surface area contributed by atoms with Crippen LogP contribution in [0.2, 0.25) is 5.02 Å². The zero-order valence-corrected chi connectivity index (χ0v) is 17.0. The van der Waals surface area contributed by atoms with E-state index in [0.717, 1.165) is 0 Å². The van der Waals surface area contributed by atoms with E-state index in [1.165, 1.54) is 24.0 Å². The Balaban J connectivity index is 1.47. The molecule has 0 spiro atoms. The molecule has 3 aromatic rings. The minimum atomic E-state index is -0.280. The largest absolute Gasteiger partial charge is 0.352 e. The Labute approximate surface area is 177 Å². The number of amides is 1. The molecule has 0 radical (unpaired) electrons. The van der Waals surface area contributed by atoms with E-state index in [1.807, 2.05) is 0 Å². The van der Waals surface area contributed by atoms with Crippen LogP contribution in [-0.4, -0.2) is 29.0 Å². The van der Waals surface area contributed by atoms with E-state index in [4.69, 9.17) is 11.6 Å². The van der Waals surface area contributed by atoms with Gasteiger partial charge in [0.15, 0.2) is 5.78 Å². The SMILES string of the molecule is O=C(CSc1ccc(C(=O)NCCc2ccccc2F)cn1)c1ccc(Cl)cc1. The number of rotatable bonds is 8. The zero-order valence-electron chi connectivity index (χ0n) is 15.4. The Morgan fingerprint density at radius 3 is 2.41 bits per heavy atom. The molecule has 0 saturated carbocycles. The number of hydrogen-bond acceptors (Lipinski definition) is 4. The molecule has 0 bridgehead atoms. The molecule has 148 valence electrons. The van der Waals surface area contributed by atoms with Crippen LogP contribution in [0.25, 0.3) is 0 Å². The van der Waals surface area contributed by atoms with Crippen LogP contribution in [0.15, 0.2) is 71.9 Å². The summed E-state index contributed by atoms with van der Waals surface area (Å²) in [7, 11) is 0. The number of pyridine rings is 1. The van der Waals surface area contributed by atoms with Crippen molar-refractivity contribution in [3.05, 3.63) is 94.4 Å². The molecule has 1 aromatic heterocycles. The Kier molecular flexibility index (Phi) is 7.38. The molecule has 0 aliphatic carbocycles. The normalized spacial score (nSPS) is 10.6. The minimum Gasteiger partial charge on any atom is -0.352 e. The van der Waals surface area contributed by atoms with Crippen molar-refractivity contribution in [2.24, 2.45) is 0 Å². The van der Waals surface area contributed by atoms with Gasteiger partial charge in [-0.2, -0.15) is 0 Å². The van der Waals surface area contributed by atoms with Crippen molar-refractivity contribution < 1.29 is 14.0 Å². The number of nitrogens with zero attached hydrogens (tertiary/aromatic N) is 1. The highest BCUT2D eigenvalue weighted by atomic mass is 35.5. The highest BCUT2D eigenvalue weighted by Gasteiger charge is 2.10. The van der Waals surface area contributed by atoms with Gasteiger partial charge in [0.1, 0.15) is 5.82 Å². The third-order valence-electron chi connectivity index (χ3n) is 4.15. The van der Waals surface area contributed by atoms with Crippen molar-refractivity contribution in [1.82, 2.24) is 10.3 Å². The first-order valence-electron chi connectivity index (χ1n) is 8.92. The molecule has 2 aromatic carbocycles. The molecule has 4 nitrogen and oxygen atoms in total. The predicted octanol–water partition coefficient (Wildman–Crippen LogP) is 4.82. The van der Waals surface area contributed by atoms with E-state index in [9.17, 15) is 14.0 Å². The maximum Gasteiger partial charge on any atom is 0.252 e. The maximum absolute atomic E-state index is 13.6. The van der Waals surface area contributed by atoms with Crippen molar-refractivity contribution in [3.8, 4) is 0 Å². The van der Waals surface area contributed by atoms with Crippen molar-refractivity contribution in [3.63, 3.8) is 0 Å². The monoisotopic (exact) mass is 428 g/mol. The molecule has 1 amide bonds. The van der Waals surface area contributed by atoms with Gasteiger partial charge in [-0.15, -0.1) is 0 Å². The van der Waals surface area contributed by atoms with E-state index in [2.05, 4.69) is 10.3 Å². The molecule has 1 N–H and O–H groups in total. The van der Waals surface area contributed by atoms with Gasteiger partial charge in [0.05, 0.1) is 16.3 Å². The van der Waals surface area contributed by atoms with Gasteiger partial charge in [0.2, 0.25) is 0 Å². The van der Waals surface area contributed by atoms with Crippen molar-refractivity contribution in [2.75, 3.05) is 12.3 Å². The second-order valence-corrected chi connectivity index (χ2v) is 7.63. The van der Waals surface area contributed by atoms with Gasteiger partial charge in [-0.05, 0) is 54.4 Å². The van der Waals surface area contributed by atoms with Gasteiger partial charge in [-0.25, -0.2) is 9.37 Å². The van der Waals surface area contributed by atoms with Crippen LogP contribution in [0, 0.1) is 5.82 Å². The predicted molar refractivity (Wildman–Crippen MR) is 113 cm³/mol. The maximum atomic E-state index is 13.6. The molecule has 1 heterocycles. The molecule has 0 aliphatic rings. The van der Waals surface area contributed by atoms with Gasteiger partial charge >= 0.3 is 0 Å². The lowest BCUT2D eigenvalue weighted by Crippen LogP contribution is -2.26. The third kappa shape index (κ3) is 6.14. The standard InChI is InChI=1S/C22H18ClFN2O2S/c23-18-8-5-16(6-9-18)20(27)14-29-21-10-7-17(13-26-21)22(28)25-12-11-15-3-1-2-4-19(15)24/h1-10,13H,11-12,14H2,(H,25,28). The molecule has 29 heavy (non-hydrogen) atoms. The van der Waals surface area contributed by atoms with Crippen LogP contribution in [-0.2, 0) is 6.42 Å². The van der Waals surface area contributed by atoms with Gasteiger partial charge in [-0.3, -0.25) is 9.59 Å². The van der Waals surface area contributed by atoms with Crippen molar-refractivity contribution in [1.29, 1.82) is 0 Å². The average Bonchev–Trinajstić information content (AvgIpc) is 2.74. The molecule has 0 saturated heterocycles. The zero-order chi connectivity index (χ0) is 20.6. The lowest BCUT2D eigenvalue weighted by Gasteiger charge is -2.07. The Hall–Kier alpha value is -2.70. The highest BCUT2D eigenvalue weighted by Crippen LogP contribution is 2.18. The Morgan fingerprint density at radius 2 is 1.72 bits per heavy atom. The number of nitrogens with one attached hydrogen (secondary N) is 1. The Morgan fingerprint density at radius 1 is 1.00 bits per heavy atom. The number of benzene rings is 2. The molecule has 0 unspecified atom stereocenters. The number of Topliss-reactive ketones (excluding diaryl/α,β-unsaturated/α-hetero) is 1. The summed E-state index contributed by atoms with van der Waals surface area (Å²) in [5, 5.41) is 3.98. The summed E-state index contributed by atoms with van der Waals surface area (Å²) in [4.78, 5) is 28.6. The second-order valence-electron chi connectivity index (χ2n) is 6.20. The molecular weight excluding hydrogens is 411 g/mol. The summed E-state index contributed by atoms with van der Waals surface area (Å²) < 4.78 is 13.6. The lowest BCUT2D eigenvalue weighted by molar-refractivity contribution is 0.0952. The quantitative estimate of drug-likeness (QED) is 0.412. The number of carbonyl (C=O) groups is 2. The fraction of sp³-hybridized carbons (Fsp3) is 0.136. The number of halogens is 2. The van der Waals surface area contributed by atoms with E-state index in [0.29, 0.717) is 39.7 Å². The van der Waals surface area contributed by atoms with Crippen LogP contribution >= 0.6 is 23.4 Å². The number of aromatic nitrogens is 1. The van der Waals surface area contributed by atoms with Crippen molar-refractivity contribution >= 4 is 35.1 Å². The van der Waals surface area contributed by atoms with E-state index >= 15 is 0 Å².